The molecule has 0 aromatic heterocycles. The second kappa shape index (κ2) is 12.9. The highest BCUT2D eigenvalue weighted by Crippen LogP contribution is 2.29. The summed E-state index contributed by atoms with van der Waals surface area (Å²) in [6, 6.07) is 2.87. The molecule has 0 aliphatic heterocycles. The molecule has 0 unspecified atom stereocenters. The Morgan fingerprint density at radius 3 is 2.08 bits per heavy atom. The van der Waals surface area contributed by atoms with Crippen LogP contribution in [0.5, 0.6) is 5.75 Å². The van der Waals surface area contributed by atoms with Gasteiger partial charge in [0.1, 0.15) is 6.61 Å². The summed E-state index contributed by atoms with van der Waals surface area (Å²) in [6.07, 6.45) is 0. The van der Waals surface area contributed by atoms with Gasteiger partial charge in [-0.25, -0.2) is 18.0 Å². The van der Waals surface area contributed by atoms with Crippen molar-refractivity contribution in [3.8, 4) is 5.75 Å². The first kappa shape index (κ1) is 28.6. The van der Waals surface area contributed by atoms with Gasteiger partial charge in [-0.15, -0.1) is 0 Å². The molecule has 36 heavy (non-hydrogen) atoms. The standard InChI is InChI=1S/C19H16BF5N2O9/c21-13-14(22)16(24)18(17(25)15(13)23)36-12(28)8-35-4-3-34-2-1-26-19(29)9-5-10(20(30)31)7-11(6-9)27(32)33/h5-7,30-31H,1-4,8H2,(H,26,29). The minimum Gasteiger partial charge on any atom is -0.423 e. The van der Waals surface area contributed by atoms with Gasteiger partial charge in [-0.1, -0.05) is 0 Å². The molecule has 17 heteroatoms. The SMILES string of the molecule is O=C(COCCOCCNC(=O)c1cc(B(O)O)cc([N+](=O)[O-])c1)Oc1c(F)c(F)c(F)c(F)c1F. The summed E-state index contributed by atoms with van der Waals surface area (Å²) in [5, 5.41) is 31.6. The number of benzene rings is 2. The van der Waals surface area contributed by atoms with Gasteiger partial charge in [0, 0.05) is 24.2 Å². The van der Waals surface area contributed by atoms with Crippen LogP contribution in [0.15, 0.2) is 18.2 Å². The molecule has 0 bridgehead atoms. The van der Waals surface area contributed by atoms with Crippen molar-refractivity contribution in [3.63, 3.8) is 0 Å². The smallest absolute Gasteiger partial charge is 0.423 e. The molecular weight excluding hydrogens is 506 g/mol. The fourth-order valence-corrected chi connectivity index (χ4v) is 2.55. The maximum absolute atomic E-state index is 13.5. The largest absolute Gasteiger partial charge is 0.488 e. The number of hydrogen-bond donors (Lipinski definition) is 3. The Labute approximate surface area is 198 Å². The molecule has 0 fully saturated rings. The molecule has 0 heterocycles. The van der Waals surface area contributed by atoms with Crippen LogP contribution in [0.4, 0.5) is 27.6 Å². The summed E-state index contributed by atoms with van der Waals surface area (Å²) in [6.45, 7) is -1.49. The highest BCUT2D eigenvalue weighted by Gasteiger charge is 2.28. The monoisotopic (exact) mass is 522 g/mol. The second-order valence-electron chi connectivity index (χ2n) is 6.74. The van der Waals surface area contributed by atoms with E-state index in [1.54, 1.807) is 0 Å². The van der Waals surface area contributed by atoms with Crippen molar-refractivity contribution in [1.29, 1.82) is 0 Å². The Balaban J connectivity index is 1.71. The molecule has 194 valence electrons. The van der Waals surface area contributed by atoms with Crippen LogP contribution in [0.3, 0.4) is 0 Å². The molecule has 3 N–H and O–H groups in total. The number of nitro groups is 1. The lowest BCUT2D eigenvalue weighted by Crippen LogP contribution is -2.33. The van der Waals surface area contributed by atoms with Crippen molar-refractivity contribution in [2.45, 2.75) is 0 Å². The predicted molar refractivity (Wildman–Crippen MR) is 109 cm³/mol. The maximum atomic E-state index is 13.5. The minimum atomic E-state index is -2.41. The fraction of sp³-hybridized carbons (Fsp3) is 0.263. The number of nitrogens with one attached hydrogen (secondary N) is 1. The number of hydrogen-bond acceptors (Lipinski definition) is 9. The number of halogens is 5. The first-order chi connectivity index (χ1) is 16.9. The third kappa shape index (κ3) is 7.41. The number of carbonyl (C=O) groups excluding carboxylic acids is 2. The summed E-state index contributed by atoms with van der Waals surface area (Å²) in [4.78, 5) is 33.7. The van der Waals surface area contributed by atoms with Crippen LogP contribution < -0.4 is 15.5 Å². The van der Waals surface area contributed by atoms with E-state index in [0.29, 0.717) is 0 Å². The van der Waals surface area contributed by atoms with Gasteiger partial charge in [-0.2, -0.15) is 8.78 Å². The molecule has 0 aliphatic carbocycles. The van der Waals surface area contributed by atoms with Gasteiger partial charge in [0.05, 0.1) is 24.7 Å². The molecule has 0 atom stereocenters. The van der Waals surface area contributed by atoms with Crippen LogP contribution in [-0.4, -0.2) is 66.9 Å². The van der Waals surface area contributed by atoms with Crippen molar-refractivity contribution in [1.82, 2.24) is 5.32 Å². The van der Waals surface area contributed by atoms with E-state index in [9.17, 15) is 51.7 Å². The Kier molecular flexibility index (Phi) is 10.2. The van der Waals surface area contributed by atoms with Crippen molar-refractivity contribution in [3.05, 3.63) is 63.0 Å². The van der Waals surface area contributed by atoms with Crippen LogP contribution in [0, 0.1) is 39.2 Å². The van der Waals surface area contributed by atoms with Gasteiger partial charge in [-0.3, -0.25) is 14.9 Å². The quantitative estimate of drug-likeness (QED) is 0.0412. The first-order valence-corrected chi connectivity index (χ1v) is 9.75. The van der Waals surface area contributed by atoms with E-state index < -0.39 is 71.0 Å². The molecule has 0 spiro atoms. The highest BCUT2D eigenvalue weighted by atomic mass is 19.2. The third-order valence-electron chi connectivity index (χ3n) is 4.22. The Hall–Kier alpha value is -3.67. The van der Waals surface area contributed by atoms with E-state index >= 15 is 0 Å². The number of non-ortho nitro benzene ring substituents is 1. The lowest BCUT2D eigenvalue weighted by molar-refractivity contribution is -0.384. The van der Waals surface area contributed by atoms with Crippen LogP contribution in [0.1, 0.15) is 10.4 Å². The van der Waals surface area contributed by atoms with E-state index in [2.05, 4.69) is 10.1 Å². The van der Waals surface area contributed by atoms with E-state index in [1.165, 1.54) is 0 Å². The molecule has 0 radical (unpaired) electrons. The van der Waals surface area contributed by atoms with Crippen molar-refractivity contribution >= 4 is 30.1 Å². The Bertz CT molecular complexity index is 1120. The van der Waals surface area contributed by atoms with Gasteiger partial charge in [0.15, 0.2) is 0 Å². The van der Waals surface area contributed by atoms with Crippen molar-refractivity contribution in [2.75, 3.05) is 33.0 Å². The van der Waals surface area contributed by atoms with E-state index in [-0.39, 0.29) is 37.4 Å². The third-order valence-corrected chi connectivity index (χ3v) is 4.22. The molecule has 1 amide bonds. The average Bonchev–Trinajstić information content (AvgIpc) is 2.85. The van der Waals surface area contributed by atoms with E-state index in [4.69, 9.17) is 9.47 Å². The predicted octanol–water partition coefficient (Wildman–Crippen LogP) is 0.339. The van der Waals surface area contributed by atoms with Crippen LogP contribution in [0.25, 0.3) is 0 Å². The summed E-state index contributed by atoms with van der Waals surface area (Å²) < 4.78 is 80.0. The van der Waals surface area contributed by atoms with Gasteiger partial charge < -0.3 is 29.6 Å². The molecule has 0 saturated carbocycles. The van der Waals surface area contributed by atoms with E-state index in [1.807, 2.05) is 0 Å². The van der Waals surface area contributed by atoms with Crippen LogP contribution in [0.2, 0.25) is 0 Å². The molecule has 2 rings (SSSR count). The zero-order chi connectivity index (χ0) is 27.0. The number of amides is 1. The minimum absolute atomic E-state index is 0.0825. The lowest BCUT2D eigenvalue weighted by atomic mass is 9.79. The Morgan fingerprint density at radius 1 is 0.917 bits per heavy atom. The molecule has 2 aromatic carbocycles. The zero-order valence-electron chi connectivity index (χ0n) is 17.9. The number of nitro benzene ring substituents is 1. The molecular formula is C19H16BF5N2O9. The van der Waals surface area contributed by atoms with Gasteiger partial charge in [0.25, 0.3) is 11.6 Å². The number of ether oxygens (including phenoxy) is 3. The fourth-order valence-electron chi connectivity index (χ4n) is 2.55. The van der Waals surface area contributed by atoms with Gasteiger partial charge >= 0.3 is 13.1 Å². The molecule has 2 aromatic rings. The molecule has 0 aliphatic rings. The van der Waals surface area contributed by atoms with Crippen LogP contribution >= 0.6 is 0 Å². The zero-order valence-corrected chi connectivity index (χ0v) is 17.9. The normalized spacial score (nSPS) is 10.8. The summed E-state index contributed by atoms with van der Waals surface area (Å²) in [5.41, 5.74) is -0.998. The highest BCUT2D eigenvalue weighted by molar-refractivity contribution is 6.58. The van der Waals surface area contributed by atoms with E-state index in [0.717, 1.165) is 18.2 Å². The lowest BCUT2D eigenvalue weighted by Gasteiger charge is -2.10. The topological polar surface area (TPSA) is 157 Å². The van der Waals surface area contributed by atoms with Crippen LogP contribution in [-0.2, 0) is 14.3 Å². The summed E-state index contributed by atoms with van der Waals surface area (Å²) >= 11 is 0. The second-order valence-corrected chi connectivity index (χ2v) is 6.74. The summed E-state index contributed by atoms with van der Waals surface area (Å²) in [7, 11) is -2.03. The van der Waals surface area contributed by atoms with Crippen molar-refractivity contribution in [2.24, 2.45) is 0 Å². The number of nitrogens with zero attached hydrogens (tertiary/aromatic N) is 1. The molecule has 0 saturated heterocycles. The average molecular weight is 522 g/mol. The number of esters is 1. The Morgan fingerprint density at radius 2 is 1.50 bits per heavy atom. The first-order valence-electron chi connectivity index (χ1n) is 9.75. The van der Waals surface area contributed by atoms with Gasteiger partial charge in [0.2, 0.25) is 34.8 Å². The maximum Gasteiger partial charge on any atom is 0.488 e. The van der Waals surface area contributed by atoms with Gasteiger partial charge in [-0.05, 0) is 11.5 Å². The van der Waals surface area contributed by atoms with Crippen molar-refractivity contribution < 1.29 is 60.7 Å². The number of rotatable bonds is 12. The summed E-state index contributed by atoms with van der Waals surface area (Å²) in [5.74, 6) is -15.6. The molecule has 11 nitrogen and oxygen atoms in total. The number of carbonyl (C=O) groups is 2.